The van der Waals surface area contributed by atoms with Gasteiger partial charge in [0.15, 0.2) is 5.13 Å². The van der Waals surface area contributed by atoms with Crippen molar-refractivity contribution in [2.45, 2.75) is 13.0 Å². The number of rotatable bonds is 2. The van der Waals surface area contributed by atoms with E-state index >= 15 is 0 Å². The quantitative estimate of drug-likeness (QED) is 0.820. The van der Waals surface area contributed by atoms with Crippen LogP contribution < -0.4 is 4.90 Å². The lowest BCUT2D eigenvalue weighted by Gasteiger charge is -2.30. The van der Waals surface area contributed by atoms with Crippen LogP contribution in [0.2, 0.25) is 0 Å². The summed E-state index contributed by atoms with van der Waals surface area (Å²) in [5.41, 5.74) is 0. The zero-order valence-electron chi connectivity index (χ0n) is 8.34. The molecule has 0 bridgehead atoms. The molecule has 0 radical (unpaired) electrons. The highest BCUT2D eigenvalue weighted by Crippen LogP contribution is 2.24. The predicted molar refractivity (Wildman–Crippen MR) is 56.7 cm³/mol. The molecule has 1 aromatic rings. The van der Waals surface area contributed by atoms with Crippen molar-refractivity contribution < 1.29 is 14.6 Å². The summed E-state index contributed by atoms with van der Waals surface area (Å²) in [5.74, 6) is -0.917. The third-order valence-electron chi connectivity index (χ3n) is 2.22. The van der Waals surface area contributed by atoms with Gasteiger partial charge in [0, 0.05) is 13.1 Å². The molecule has 0 spiro atoms. The first-order valence-electron chi connectivity index (χ1n) is 4.72. The second-order valence-electron chi connectivity index (χ2n) is 3.44. The van der Waals surface area contributed by atoms with Crippen molar-refractivity contribution in [3.63, 3.8) is 0 Å². The molecule has 6 heteroatoms. The lowest BCUT2D eigenvalue weighted by Crippen LogP contribution is -2.41. The van der Waals surface area contributed by atoms with Crippen LogP contribution in [0, 0.1) is 0 Å². The zero-order chi connectivity index (χ0) is 10.8. The van der Waals surface area contributed by atoms with Crippen LogP contribution in [-0.4, -0.2) is 41.9 Å². The molecule has 1 fully saturated rings. The maximum absolute atomic E-state index is 10.7. The number of morpholine rings is 1. The second-order valence-corrected chi connectivity index (χ2v) is 4.45. The first-order valence-corrected chi connectivity index (χ1v) is 5.54. The summed E-state index contributed by atoms with van der Waals surface area (Å²) in [6.45, 7) is 4.21. The summed E-state index contributed by atoms with van der Waals surface area (Å²) >= 11 is 1.21. The first-order chi connectivity index (χ1) is 7.16. The maximum atomic E-state index is 10.7. The Morgan fingerprint density at radius 2 is 2.60 bits per heavy atom. The van der Waals surface area contributed by atoms with Crippen LogP contribution in [0.4, 0.5) is 5.13 Å². The minimum atomic E-state index is -0.917. The maximum Gasteiger partial charge on any atom is 0.347 e. The van der Waals surface area contributed by atoms with Crippen LogP contribution in [0.3, 0.4) is 0 Å². The molecular weight excluding hydrogens is 216 g/mol. The van der Waals surface area contributed by atoms with E-state index in [-0.39, 0.29) is 11.0 Å². The Labute approximate surface area is 91.3 Å². The fourth-order valence-corrected chi connectivity index (χ4v) is 2.29. The van der Waals surface area contributed by atoms with E-state index in [4.69, 9.17) is 9.84 Å². The minimum Gasteiger partial charge on any atom is -0.477 e. The standard InChI is InChI=1S/C9H12N2O3S/c1-6-5-11(2-3-14-6)9-10-4-7(15-9)8(12)13/h4,6H,2-3,5H2,1H3,(H,12,13). The van der Waals surface area contributed by atoms with E-state index in [2.05, 4.69) is 9.88 Å². The average Bonchev–Trinajstić information content (AvgIpc) is 2.66. The van der Waals surface area contributed by atoms with E-state index in [1.54, 1.807) is 0 Å². The fraction of sp³-hybridized carbons (Fsp3) is 0.556. The van der Waals surface area contributed by atoms with Crippen LogP contribution in [-0.2, 0) is 4.74 Å². The number of anilines is 1. The Kier molecular flexibility index (Phi) is 2.88. The molecule has 82 valence electrons. The largest absolute Gasteiger partial charge is 0.477 e. The molecule has 2 rings (SSSR count). The van der Waals surface area contributed by atoms with Crippen molar-refractivity contribution in [1.82, 2.24) is 4.98 Å². The van der Waals surface area contributed by atoms with E-state index in [1.165, 1.54) is 17.5 Å². The summed E-state index contributed by atoms with van der Waals surface area (Å²) in [6.07, 6.45) is 1.58. The van der Waals surface area contributed by atoms with Crippen LogP contribution in [0.1, 0.15) is 16.6 Å². The van der Waals surface area contributed by atoms with E-state index in [9.17, 15) is 4.79 Å². The minimum absolute atomic E-state index is 0.177. The number of carbonyl (C=O) groups is 1. The number of nitrogens with zero attached hydrogens (tertiary/aromatic N) is 2. The molecule has 0 amide bonds. The Bertz CT molecular complexity index is 366. The Morgan fingerprint density at radius 3 is 3.20 bits per heavy atom. The van der Waals surface area contributed by atoms with E-state index in [0.29, 0.717) is 6.61 Å². The average molecular weight is 228 g/mol. The van der Waals surface area contributed by atoms with Gasteiger partial charge in [0.1, 0.15) is 4.88 Å². The molecule has 1 unspecified atom stereocenters. The van der Waals surface area contributed by atoms with Crippen molar-refractivity contribution >= 4 is 22.4 Å². The fourth-order valence-electron chi connectivity index (χ4n) is 1.50. The van der Waals surface area contributed by atoms with Crippen molar-refractivity contribution in [3.8, 4) is 0 Å². The van der Waals surface area contributed by atoms with Gasteiger partial charge in [-0.2, -0.15) is 0 Å². The molecule has 1 aromatic heterocycles. The highest BCUT2D eigenvalue weighted by Gasteiger charge is 2.20. The number of aromatic nitrogens is 1. The van der Waals surface area contributed by atoms with Gasteiger partial charge < -0.3 is 14.7 Å². The lowest BCUT2D eigenvalue weighted by molar-refractivity contribution is 0.0532. The molecule has 1 saturated heterocycles. The molecule has 15 heavy (non-hydrogen) atoms. The molecule has 0 saturated carbocycles. The van der Waals surface area contributed by atoms with Crippen molar-refractivity contribution in [1.29, 1.82) is 0 Å². The lowest BCUT2D eigenvalue weighted by atomic mass is 10.3. The zero-order valence-corrected chi connectivity index (χ0v) is 9.16. The van der Waals surface area contributed by atoms with E-state index in [1.807, 2.05) is 6.92 Å². The summed E-state index contributed by atoms with van der Waals surface area (Å²) in [5, 5.41) is 9.54. The summed E-state index contributed by atoms with van der Waals surface area (Å²) in [7, 11) is 0. The van der Waals surface area contributed by atoms with Gasteiger partial charge in [-0.15, -0.1) is 0 Å². The Hall–Kier alpha value is -1.14. The molecule has 1 aliphatic rings. The molecule has 1 aliphatic heterocycles. The topological polar surface area (TPSA) is 62.7 Å². The highest BCUT2D eigenvalue weighted by molar-refractivity contribution is 7.17. The van der Waals surface area contributed by atoms with Gasteiger partial charge in [-0.3, -0.25) is 0 Å². The number of hydrogen-bond acceptors (Lipinski definition) is 5. The Morgan fingerprint density at radius 1 is 1.80 bits per heavy atom. The monoisotopic (exact) mass is 228 g/mol. The Balaban J connectivity index is 2.11. The number of carboxylic acid groups (broad SMARTS) is 1. The first kappa shape index (κ1) is 10.4. The van der Waals surface area contributed by atoms with Gasteiger partial charge in [-0.1, -0.05) is 11.3 Å². The van der Waals surface area contributed by atoms with E-state index < -0.39 is 5.97 Å². The SMILES string of the molecule is CC1CN(c2ncc(C(=O)O)s2)CCO1. The predicted octanol–water partition coefficient (Wildman–Crippen LogP) is 1.07. The molecule has 0 aromatic carbocycles. The van der Waals surface area contributed by atoms with Gasteiger partial charge in [0.2, 0.25) is 0 Å². The third-order valence-corrected chi connectivity index (χ3v) is 3.26. The van der Waals surface area contributed by atoms with Gasteiger partial charge >= 0.3 is 5.97 Å². The van der Waals surface area contributed by atoms with Gasteiger partial charge in [-0.25, -0.2) is 9.78 Å². The summed E-state index contributed by atoms with van der Waals surface area (Å²) in [6, 6.07) is 0. The smallest absolute Gasteiger partial charge is 0.347 e. The van der Waals surface area contributed by atoms with Crippen LogP contribution in [0.15, 0.2) is 6.20 Å². The number of hydrogen-bond donors (Lipinski definition) is 1. The molecule has 1 N–H and O–H groups in total. The molecule has 1 atom stereocenters. The molecule has 5 nitrogen and oxygen atoms in total. The molecular formula is C9H12N2O3S. The van der Waals surface area contributed by atoms with Gasteiger partial charge in [0.25, 0.3) is 0 Å². The number of aromatic carboxylic acids is 1. The van der Waals surface area contributed by atoms with Crippen LogP contribution in [0.5, 0.6) is 0 Å². The molecule has 0 aliphatic carbocycles. The van der Waals surface area contributed by atoms with Crippen LogP contribution in [0.25, 0.3) is 0 Å². The van der Waals surface area contributed by atoms with Gasteiger partial charge in [0.05, 0.1) is 18.9 Å². The number of thiazole rings is 1. The summed E-state index contributed by atoms with van der Waals surface area (Å²) < 4.78 is 5.40. The van der Waals surface area contributed by atoms with Crippen molar-refractivity contribution in [2.24, 2.45) is 0 Å². The number of ether oxygens (including phenoxy) is 1. The highest BCUT2D eigenvalue weighted by atomic mass is 32.1. The van der Waals surface area contributed by atoms with Crippen molar-refractivity contribution in [3.05, 3.63) is 11.1 Å². The second kappa shape index (κ2) is 4.16. The van der Waals surface area contributed by atoms with Crippen molar-refractivity contribution in [2.75, 3.05) is 24.6 Å². The van der Waals surface area contributed by atoms with Gasteiger partial charge in [-0.05, 0) is 6.92 Å². The summed E-state index contributed by atoms with van der Waals surface area (Å²) in [4.78, 5) is 17.1. The molecule has 2 heterocycles. The van der Waals surface area contributed by atoms with E-state index in [0.717, 1.165) is 18.2 Å². The van der Waals surface area contributed by atoms with Crippen LogP contribution >= 0.6 is 11.3 Å². The normalized spacial score (nSPS) is 21.7. The number of carboxylic acids is 1. The third kappa shape index (κ3) is 2.27.